The van der Waals surface area contributed by atoms with Crippen LogP contribution in [-0.4, -0.2) is 21.9 Å². The van der Waals surface area contributed by atoms with Crippen molar-refractivity contribution in [3.05, 3.63) is 81.3 Å². The summed E-state index contributed by atoms with van der Waals surface area (Å²) in [4.78, 5) is 21.1. The van der Waals surface area contributed by atoms with Crippen LogP contribution in [0.25, 0.3) is 0 Å². The Morgan fingerprint density at radius 1 is 1.28 bits per heavy atom. The minimum atomic E-state index is -0.264. The first-order chi connectivity index (χ1) is 12.1. The Labute approximate surface area is 153 Å². The van der Waals surface area contributed by atoms with Crippen molar-refractivity contribution in [2.24, 2.45) is 4.99 Å². The number of carbonyl (C=O) groups excluding carboxylic acids is 1. The molecule has 2 aliphatic heterocycles. The molecule has 3 nitrogen and oxygen atoms in total. The van der Waals surface area contributed by atoms with Gasteiger partial charge in [-0.05, 0) is 42.1 Å². The molecule has 0 amide bonds. The smallest absolute Gasteiger partial charge is 0.195 e. The Balaban J connectivity index is 1.64. The monoisotopic (exact) mass is 370 g/mol. The van der Waals surface area contributed by atoms with Crippen LogP contribution in [0.1, 0.15) is 28.2 Å². The number of ketones is 1. The van der Waals surface area contributed by atoms with Gasteiger partial charge in [0.25, 0.3) is 0 Å². The fraction of sp³-hybridized carbons (Fsp3) is 0.158. The summed E-state index contributed by atoms with van der Waals surface area (Å²) in [5.74, 6) is -0.270. The van der Waals surface area contributed by atoms with Crippen molar-refractivity contribution in [3.8, 4) is 0 Å². The molecule has 2 unspecified atom stereocenters. The highest BCUT2D eigenvalue weighted by Crippen LogP contribution is 2.41. The van der Waals surface area contributed by atoms with Gasteiger partial charge in [-0.2, -0.15) is 0 Å². The summed E-state index contributed by atoms with van der Waals surface area (Å²) in [6.45, 7) is 2.04. The first-order valence-electron chi connectivity index (χ1n) is 7.86. The van der Waals surface area contributed by atoms with Crippen molar-refractivity contribution in [3.63, 3.8) is 0 Å². The molecular formula is C19H15FN2OS2. The van der Waals surface area contributed by atoms with E-state index in [9.17, 15) is 9.18 Å². The van der Waals surface area contributed by atoms with Gasteiger partial charge in [0, 0.05) is 11.1 Å². The summed E-state index contributed by atoms with van der Waals surface area (Å²) in [7, 11) is 0. The zero-order chi connectivity index (χ0) is 17.4. The first kappa shape index (κ1) is 16.3. The first-order valence-corrected chi connectivity index (χ1v) is 9.55. The minimum Gasteiger partial charge on any atom is -0.317 e. The molecule has 0 saturated heterocycles. The highest BCUT2D eigenvalue weighted by Gasteiger charge is 2.37. The lowest BCUT2D eigenvalue weighted by Gasteiger charge is -2.22. The molecule has 0 radical (unpaired) electrons. The summed E-state index contributed by atoms with van der Waals surface area (Å²) < 4.78 is 13.2. The van der Waals surface area contributed by atoms with Gasteiger partial charge < -0.3 is 4.90 Å². The molecule has 0 N–H and O–H groups in total. The van der Waals surface area contributed by atoms with Gasteiger partial charge in [-0.25, -0.2) is 4.39 Å². The number of carbonyl (C=O) groups is 1. The van der Waals surface area contributed by atoms with Crippen LogP contribution in [0.15, 0.2) is 70.0 Å². The third-order valence-electron chi connectivity index (χ3n) is 4.11. The summed E-state index contributed by atoms with van der Waals surface area (Å²) in [5, 5.41) is 2.81. The Bertz CT molecular complexity index is 885. The van der Waals surface area contributed by atoms with Crippen LogP contribution in [0.4, 0.5) is 4.39 Å². The molecule has 0 aliphatic carbocycles. The third kappa shape index (κ3) is 3.19. The maximum absolute atomic E-state index is 13.2. The van der Waals surface area contributed by atoms with Crippen molar-refractivity contribution in [1.82, 2.24) is 4.90 Å². The van der Waals surface area contributed by atoms with Gasteiger partial charge in [0.05, 0.1) is 10.9 Å². The fourth-order valence-electron chi connectivity index (χ4n) is 2.94. The molecule has 0 fully saturated rings. The molecule has 3 heterocycles. The number of rotatable bonds is 4. The normalized spacial score (nSPS) is 22.2. The topological polar surface area (TPSA) is 32.7 Å². The number of halogens is 1. The third-order valence-corrected chi connectivity index (χ3v) is 5.92. The van der Waals surface area contributed by atoms with E-state index in [1.54, 1.807) is 30.0 Å². The standard InChI is InChI=1S/C19H15FN2OS2/c1-12-11-22-15(8-9-16(23)17-3-2-10-24-17)18(21-19(22)25-12)13-4-6-14(20)7-5-13/h2-11,15,18H,1H3/b9-8+. The van der Waals surface area contributed by atoms with Crippen molar-refractivity contribution >= 4 is 34.0 Å². The average molecular weight is 370 g/mol. The summed E-state index contributed by atoms with van der Waals surface area (Å²) in [6.07, 6.45) is 5.58. The van der Waals surface area contributed by atoms with Crippen molar-refractivity contribution < 1.29 is 9.18 Å². The molecule has 6 heteroatoms. The van der Waals surface area contributed by atoms with E-state index in [0.29, 0.717) is 0 Å². The molecule has 0 spiro atoms. The predicted molar refractivity (Wildman–Crippen MR) is 101 cm³/mol. The molecule has 126 valence electrons. The van der Waals surface area contributed by atoms with Gasteiger partial charge >= 0.3 is 0 Å². The largest absolute Gasteiger partial charge is 0.317 e. The van der Waals surface area contributed by atoms with Gasteiger partial charge in [0.15, 0.2) is 11.0 Å². The molecule has 0 bridgehead atoms. The lowest BCUT2D eigenvalue weighted by atomic mass is 9.99. The molecule has 0 saturated carbocycles. The van der Waals surface area contributed by atoms with Crippen molar-refractivity contribution in [1.29, 1.82) is 0 Å². The number of hydrogen-bond donors (Lipinski definition) is 0. The SMILES string of the molecule is CC1=CN2C(=NC(c3ccc(F)cc3)C2/C=C/C(=O)c2cccs2)S1. The van der Waals surface area contributed by atoms with Crippen LogP contribution < -0.4 is 0 Å². The van der Waals surface area contributed by atoms with E-state index in [-0.39, 0.29) is 23.7 Å². The van der Waals surface area contributed by atoms with Gasteiger partial charge in [-0.3, -0.25) is 9.79 Å². The van der Waals surface area contributed by atoms with Crippen LogP contribution in [0, 0.1) is 5.82 Å². The minimum absolute atomic E-state index is 0.00569. The molecule has 25 heavy (non-hydrogen) atoms. The molecule has 2 atom stereocenters. The van der Waals surface area contributed by atoms with Gasteiger partial charge in [-0.15, -0.1) is 11.3 Å². The van der Waals surface area contributed by atoms with Crippen LogP contribution in [0.5, 0.6) is 0 Å². The Hall–Kier alpha value is -2.18. The van der Waals surface area contributed by atoms with E-state index >= 15 is 0 Å². The fourth-order valence-corrected chi connectivity index (χ4v) is 4.49. The number of allylic oxidation sites excluding steroid dienone is 2. The van der Waals surface area contributed by atoms with Gasteiger partial charge in [-0.1, -0.05) is 36.0 Å². The molecule has 2 aliphatic rings. The zero-order valence-electron chi connectivity index (χ0n) is 13.4. The van der Waals surface area contributed by atoms with E-state index in [0.717, 1.165) is 15.6 Å². The van der Waals surface area contributed by atoms with E-state index < -0.39 is 0 Å². The van der Waals surface area contributed by atoms with Crippen LogP contribution in [0.3, 0.4) is 0 Å². The summed E-state index contributed by atoms with van der Waals surface area (Å²) >= 11 is 3.05. The van der Waals surface area contributed by atoms with E-state index in [1.165, 1.54) is 28.4 Å². The van der Waals surface area contributed by atoms with E-state index in [1.807, 2.05) is 30.5 Å². The Morgan fingerprint density at radius 2 is 2.08 bits per heavy atom. The maximum Gasteiger partial charge on any atom is 0.195 e. The number of nitrogens with zero attached hydrogens (tertiary/aromatic N) is 2. The van der Waals surface area contributed by atoms with Gasteiger partial charge in [0.2, 0.25) is 0 Å². The van der Waals surface area contributed by atoms with Crippen molar-refractivity contribution in [2.75, 3.05) is 0 Å². The molecule has 2 aromatic rings. The second kappa shape index (κ2) is 6.61. The quantitative estimate of drug-likeness (QED) is 0.560. The number of hydrogen-bond acceptors (Lipinski definition) is 5. The average Bonchev–Trinajstić information content (AvgIpc) is 3.30. The highest BCUT2D eigenvalue weighted by atomic mass is 32.2. The number of amidine groups is 1. The number of thiophene rings is 1. The number of benzene rings is 1. The Morgan fingerprint density at radius 3 is 2.80 bits per heavy atom. The number of fused-ring (bicyclic) bond motifs is 1. The lowest BCUT2D eigenvalue weighted by Crippen LogP contribution is -2.28. The van der Waals surface area contributed by atoms with Gasteiger partial charge in [0.1, 0.15) is 11.9 Å². The van der Waals surface area contributed by atoms with Crippen LogP contribution in [-0.2, 0) is 0 Å². The summed E-state index contributed by atoms with van der Waals surface area (Å²) in [6, 6.07) is 9.86. The second-order valence-corrected chi connectivity index (χ2v) is 8.01. The molecule has 1 aromatic carbocycles. The Kier molecular flexibility index (Phi) is 4.31. The second-order valence-electron chi connectivity index (χ2n) is 5.85. The van der Waals surface area contributed by atoms with Crippen LogP contribution in [0.2, 0.25) is 0 Å². The van der Waals surface area contributed by atoms with Crippen LogP contribution >= 0.6 is 23.1 Å². The molecule has 4 rings (SSSR count). The lowest BCUT2D eigenvalue weighted by molar-refractivity contribution is 0.104. The van der Waals surface area contributed by atoms with Crippen molar-refractivity contribution in [2.45, 2.75) is 19.0 Å². The maximum atomic E-state index is 13.2. The summed E-state index contributed by atoms with van der Waals surface area (Å²) in [5.41, 5.74) is 0.938. The molecule has 1 aromatic heterocycles. The number of aliphatic imine (C=N–C) groups is 1. The highest BCUT2D eigenvalue weighted by molar-refractivity contribution is 8.17. The van der Waals surface area contributed by atoms with E-state index in [2.05, 4.69) is 11.1 Å². The predicted octanol–water partition coefficient (Wildman–Crippen LogP) is 5.02. The number of thioether (sulfide) groups is 1. The van der Waals surface area contributed by atoms with E-state index in [4.69, 9.17) is 4.99 Å². The molecular weight excluding hydrogens is 355 g/mol. The zero-order valence-corrected chi connectivity index (χ0v) is 15.1.